The molecule has 2 aromatic rings. The van der Waals surface area contributed by atoms with Crippen LogP contribution in [0.1, 0.15) is 6.42 Å². The zero-order valence-corrected chi connectivity index (χ0v) is 15.1. The molecule has 1 aliphatic heterocycles. The molecule has 0 amide bonds. The number of methoxy groups -OCH3 is 1. The van der Waals surface area contributed by atoms with Crippen LogP contribution in [0.3, 0.4) is 0 Å². The minimum absolute atomic E-state index is 0.0247. The molecule has 1 aromatic heterocycles. The minimum Gasteiger partial charge on any atom is -0.496 e. The van der Waals surface area contributed by atoms with E-state index in [2.05, 4.69) is 5.10 Å². The van der Waals surface area contributed by atoms with Crippen molar-refractivity contribution < 1.29 is 17.6 Å². The maximum absolute atomic E-state index is 11.6. The van der Waals surface area contributed by atoms with E-state index < -0.39 is 9.84 Å². The average molecular weight is 369 g/mol. The zero-order chi connectivity index (χ0) is 17.3. The molecule has 1 unspecified atom stereocenters. The zero-order valence-electron chi connectivity index (χ0n) is 13.5. The average Bonchev–Trinajstić information content (AvgIpc) is 3.10. The molecule has 7 nitrogen and oxygen atoms in total. The predicted octanol–water partition coefficient (Wildman–Crippen LogP) is 1.96. The van der Waals surface area contributed by atoms with Crippen LogP contribution in [0.5, 0.6) is 5.75 Å². The van der Waals surface area contributed by atoms with Crippen molar-refractivity contribution in [2.45, 2.75) is 19.1 Å². The largest absolute Gasteiger partial charge is 0.496 e. The van der Waals surface area contributed by atoms with Crippen LogP contribution in [0.25, 0.3) is 11.5 Å². The molecule has 1 fully saturated rings. The van der Waals surface area contributed by atoms with E-state index in [1.807, 2.05) is 36.2 Å². The molecule has 130 valence electrons. The molecule has 1 aliphatic rings. The van der Waals surface area contributed by atoms with Crippen LogP contribution in [0, 0.1) is 4.84 Å². The minimum atomic E-state index is -2.93. The first kappa shape index (κ1) is 17.1. The number of ether oxygens (including phenoxy) is 1. The Bertz CT molecular complexity index is 888. The molecule has 0 spiro atoms. The SMILES string of the molecule is COc1ccccc1-c1nn(CN(C)C2CCS(=O)(=O)C2)c(=S)o1. The molecule has 0 bridgehead atoms. The van der Waals surface area contributed by atoms with Gasteiger partial charge in [0.1, 0.15) is 5.75 Å². The molecule has 24 heavy (non-hydrogen) atoms. The van der Waals surface area contributed by atoms with Crippen LogP contribution in [0.2, 0.25) is 0 Å². The molecule has 1 aromatic carbocycles. The normalized spacial score (nSPS) is 19.7. The number of nitrogens with zero attached hydrogens (tertiary/aromatic N) is 3. The van der Waals surface area contributed by atoms with Gasteiger partial charge >= 0.3 is 0 Å². The second-order valence-corrected chi connectivity index (χ2v) is 8.41. The molecule has 1 saturated heterocycles. The van der Waals surface area contributed by atoms with Gasteiger partial charge in [-0.15, -0.1) is 5.10 Å². The van der Waals surface area contributed by atoms with Crippen LogP contribution in [-0.2, 0) is 16.5 Å². The van der Waals surface area contributed by atoms with Gasteiger partial charge in [0, 0.05) is 6.04 Å². The van der Waals surface area contributed by atoms with Gasteiger partial charge in [0.25, 0.3) is 10.7 Å². The fourth-order valence-electron chi connectivity index (χ4n) is 2.78. The summed E-state index contributed by atoms with van der Waals surface area (Å²) >= 11 is 5.24. The lowest BCUT2D eigenvalue weighted by atomic mass is 10.2. The highest BCUT2D eigenvalue weighted by Crippen LogP contribution is 2.28. The molecule has 9 heteroatoms. The summed E-state index contributed by atoms with van der Waals surface area (Å²) < 4.78 is 35.7. The number of hydrogen-bond acceptors (Lipinski definition) is 7. The maximum Gasteiger partial charge on any atom is 0.288 e. The van der Waals surface area contributed by atoms with E-state index in [0.29, 0.717) is 24.7 Å². The topological polar surface area (TPSA) is 77.6 Å². The number of sulfone groups is 1. The highest BCUT2D eigenvalue weighted by molar-refractivity contribution is 7.91. The third-order valence-electron chi connectivity index (χ3n) is 4.13. The molecular weight excluding hydrogens is 350 g/mol. The summed E-state index contributed by atoms with van der Waals surface area (Å²) in [4.78, 5) is 2.18. The van der Waals surface area contributed by atoms with Crippen molar-refractivity contribution in [2.75, 3.05) is 25.7 Å². The van der Waals surface area contributed by atoms with E-state index in [1.54, 1.807) is 11.8 Å². The number of hydrogen-bond donors (Lipinski definition) is 0. The lowest BCUT2D eigenvalue weighted by molar-refractivity contribution is 0.194. The number of rotatable bonds is 5. The quantitative estimate of drug-likeness (QED) is 0.746. The number of aromatic nitrogens is 2. The Kier molecular flexibility index (Phi) is 4.75. The van der Waals surface area contributed by atoms with Gasteiger partial charge in [0.2, 0.25) is 0 Å². The monoisotopic (exact) mass is 369 g/mol. The van der Waals surface area contributed by atoms with Gasteiger partial charge in [-0.2, -0.15) is 0 Å². The summed E-state index contributed by atoms with van der Waals surface area (Å²) in [7, 11) is 0.521. The molecule has 0 radical (unpaired) electrons. The third kappa shape index (κ3) is 3.52. The standard InChI is InChI=1S/C15H19N3O4S2/c1-17(11-7-8-24(19,20)9-11)10-18-15(23)22-14(16-18)12-5-3-4-6-13(12)21-2/h3-6,11H,7-10H2,1-2H3. The van der Waals surface area contributed by atoms with E-state index in [-0.39, 0.29) is 22.4 Å². The lowest BCUT2D eigenvalue weighted by Gasteiger charge is -2.22. The molecule has 0 aliphatic carbocycles. The summed E-state index contributed by atoms with van der Waals surface area (Å²) in [6.45, 7) is 0.373. The molecule has 2 heterocycles. The smallest absolute Gasteiger partial charge is 0.288 e. The van der Waals surface area contributed by atoms with E-state index in [9.17, 15) is 8.42 Å². The van der Waals surface area contributed by atoms with Crippen molar-refractivity contribution in [1.82, 2.24) is 14.7 Å². The Balaban J connectivity index is 1.81. The van der Waals surface area contributed by atoms with Crippen molar-refractivity contribution in [1.29, 1.82) is 0 Å². The Labute approximate surface area is 145 Å². The van der Waals surface area contributed by atoms with Crippen molar-refractivity contribution in [2.24, 2.45) is 0 Å². The highest BCUT2D eigenvalue weighted by Gasteiger charge is 2.31. The fourth-order valence-corrected chi connectivity index (χ4v) is 4.76. The molecule has 0 saturated carbocycles. The van der Waals surface area contributed by atoms with Crippen LogP contribution in [-0.4, -0.2) is 54.8 Å². The molecule has 3 rings (SSSR count). The summed E-state index contributed by atoms with van der Waals surface area (Å²) in [6.07, 6.45) is 0.628. The summed E-state index contributed by atoms with van der Waals surface area (Å²) in [5, 5.41) is 4.41. The van der Waals surface area contributed by atoms with Crippen LogP contribution >= 0.6 is 12.2 Å². The van der Waals surface area contributed by atoms with Gasteiger partial charge in [-0.05, 0) is 37.8 Å². The summed E-state index contributed by atoms with van der Waals surface area (Å²) in [6, 6.07) is 7.37. The summed E-state index contributed by atoms with van der Waals surface area (Å²) in [5.74, 6) is 1.44. The fraction of sp³-hybridized carbons (Fsp3) is 0.467. The Hall–Kier alpha value is -1.71. The molecule has 0 N–H and O–H groups in total. The van der Waals surface area contributed by atoms with Crippen molar-refractivity contribution >= 4 is 22.1 Å². The van der Waals surface area contributed by atoms with Crippen molar-refractivity contribution in [3.05, 3.63) is 29.1 Å². The lowest BCUT2D eigenvalue weighted by Crippen LogP contribution is -2.34. The first-order chi connectivity index (χ1) is 11.4. The van der Waals surface area contributed by atoms with Crippen molar-refractivity contribution in [3.63, 3.8) is 0 Å². The predicted molar refractivity (Wildman–Crippen MR) is 92.1 cm³/mol. The third-order valence-corrected chi connectivity index (χ3v) is 6.18. The van der Waals surface area contributed by atoms with Crippen molar-refractivity contribution in [3.8, 4) is 17.2 Å². The van der Waals surface area contributed by atoms with Crippen LogP contribution < -0.4 is 4.74 Å². The molecule has 1 atom stereocenters. The van der Waals surface area contributed by atoms with Gasteiger partial charge in [0.15, 0.2) is 9.84 Å². The van der Waals surface area contributed by atoms with E-state index in [4.69, 9.17) is 21.4 Å². The summed E-state index contributed by atoms with van der Waals surface area (Å²) in [5.41, 5.74) is 0.718. The number of para-hydroxylation sites is 1. The first-order valence-corrected chi connectivity index (χ1v) is 9.74. The first-order valence-electron chi connectivity index (χ1n) is 7.51. The molecular formula is C15H19N3O4S2. The van der Waals surface area contributed by atoms with Gasteiger partial charge < -0.3 is 9.15 Å². The van der Waals surface area contributed by atoms with Crippen LogP contribution in [0.4, 0.5) is 0 Å². The Morgan fingerprint density at radius 3 is 2.88 bits per heavy atom. The van der Waals surface area contributed by atoms with E-state index in [1.165, 1.54) is 0 Å². The Morgan fingerprint density at radius 2 is 2.21 bits per heavy atom. The van der Waals surface area contributed by atoms with E-state index >= 15 is 0 Å². The van der Waals surface area contributed by atoms with Gasteiger partial charge in [0.05, 0.1) is 30.8 Å². The maximum atomic E-state index is 11.6. The number of benzene rings is 1. The Morgan fingerprint density at radius 1 is 1.46 bits per heavy atom. The van der Waals surface area contributed by atoms with E-state index in [0.717, 1.165) is 5.56 Å². The van der Waals surface area contributed by atoms with Gasteiger partial charge in [-0.25, -0.2) is 13.1 Å². The highest BCUT2D eigenvalue weighted by atomic mass is 32.2. The van der Waals surface area contributed by atoms with Gasteiger partial charge in [-0.1, -0.05) is 12.1 Å². The van der Waals surface area contributed by atoms with Crippen LogP contribution in [0.15, 0.2) is 28.7 Å². The second-order valence-electron chi connectivity index (χ2n) is 5.83. The second kappa shape index (κ2) is 6.66. The van der Waals surface area contributed by atoms with Gasteiger partial charge in [-0.3, -0.25) is 4.90 Å².